The van der Waals surface area contributed by atoms with Crippen molar-refractivity contribution >= 4 is 11.5 Å². The summed E-state index contributed by atoms with van der Waals surface area (Å²) in [6.07, 6.45) is 5.28. The van der Waals surface area contributed by atoms with Crippen molar-refractivity contribution in [2.75, 3.05) is 30.0 Å². The van der Waals surface area contributed by atoms with Crippen molar-refractivity contribution in [1.82, 2.24) is 25.2 Å². The molecule has 6 rings (SSSR count). The van der Waals surface area contributed by atoms with Gasteiger partial charge in [-0.2, -0.15) is 15.2 Å². The fourth-order valence-electron chi connectivity index (χ4n) is 4.25. The summed E-state index contributed by atoms with van der Waals surface area (Å²) in [4.78, 5) is 8.29. The third-order valence-electron chi connectivity index (χ3n) is 5.72. The van der Waals surface area contributed by atoms with Gasteiger partial charge < -0.3 is 9.64 Å². The number of aromatic nitrogens is 3. The summed E-state index contributed by atoms with van der Waals surface area (Å²) in [7, 11) is 0. The van der Waals surface area contributed by atoms with Crippen molar-refractivity contribution in [2.45, 2.75) is 25.4 Å². The third kappa shape index (κ3) is 2.06. The molecule has 5 heterocycles. The van der Waals surface area contributed by atoms with E-state index in [9.17, 15) is 4.48 Å². The molecule has 0 N–H and O–H groups in total. The van der Waals surface area contributed by atoms with Gasteiger partial charge in [0.05, 0.1) is 18.1 Å². The Kier molecular flexibility index (Phi) is 3.09. The van der Waals surface area contributed by atoms with Crippen LogP contribution >= 0.6 is 0 Å². The van der Waals surface area contributed by atoms with Gasteiger partial charge in [-0.25, -0.2) is 4.99 Å². The van der Waals surface area contributed by atoms with Gasteiger partial charge in [-0.05, 0) is 37.1 Å². The lowest BCUT2D eigenvalue weighted by atomic mass is 10.00. The Morgan fingerprint density at radius 1 is 1.25 bits per heavy atom. The smallest absolute Gasteiger partial charge is 0.162 e. The van der Waals surface area contributed by atoms with Gasteiger partial charge in [0.25, 0.3) is 0 Å². The van der Waals surface area contributed by atoms with Crippen LogP contribution in [-0.2, 0) is 10.3 Å². The van der Waals surface area contributed by atoms with E-state index >= 15 is 0 Å². The van der Waals surface area contributed by atoms with E-state index in [1.807, 2.05) is 52.4 Å². The minimum absolute atomic E-state index is 0.137. The molecule has 1 aromatic carbocycles. The van der Waals surface area contributed by atoms with Gasteiger partial charge in [0.1, 0.15) is 18.0 Å². The van der Waals surface area contributed by atoms with Gasteiger partial charge in [-0.15, -0.1) is 9.89 Å². The highest BCUT2D eigenvalue weighted by Gasteiger charge is 2.43. The lowest BCUT2D eigenvalue weighted by molar-refractivity contribution is 0.0131. The maximum Gasteiger partial charge on any atom is 0.162 e. The van der Waals surface area contributed by atoms with E-state index in [1.54, 1.807) is 4.79 Å². The lowest BCUT2D eigenvalue weighted by Gasteiger charge is -2.39. The van der Waals surface area contributed by atoms with E-state index in [-0.39, 0.29) is 6.67 Å². The Hall–Kier alpha value is -3.14. The molecule has 0 radical (unpaired) electrons. The largest absolute Gasteiger partial charge is 0.369 e. The number of amidine groups is 1. The van der Waals surface area contributed by atoms with Crippen molar-refractivity contribution in [3.05, 3.63) is 53.7 Å². The second-order valence-electron chi connectivity index (χ2n) is 7.49. The molecular formula is C18H19FN8O. The van der Waals surface area contributed by atoms with Gasteiger partial charge in [0.15, 0.2) is 18.3 Å². The van der Waals surface area contributed by atoms with E-state index in [2.05, 4.69) is 10.3 Å². The lowest BCUT2D eigenvalue weighted by Crippen LogP contribution is -2.53. The molecule has 0 bridgehead atoms. The molecule has 4 aliphatic rings. The number of benzene rings is 1. The highest BCUT2D eigenvalue weighted by molar-refractivity contribution is 6.08. The minimum atomic E-state index is -0.412. The topological polar surface area (TPSA) is 65.3 Å². The first-order valence-electron chi connectivity index (χ1n) is 9.34. The zero-order chi connectivity index (χ0) is 18.9. The van der Waals surface area contributed by atoms with Crippen LogP contribution in [0.4, 0.5) is 10.2 Å². The zero-order valence-electron chi connectivity index (χ0n) is 15.4. The number of aliphatic imine (C=N–C) groups is 1. The Balaban J connectivity index is 1.41. The molecular weight excluding hydrogens is 363 g/mol. The predicted octanol–water partition coefficient (Wildman–Crippen LogP) is 1.65. The number of rotatable bonds is 2. The van der Waals surface area contributed by atoms with Crippen LogP contribution in [0.3, 0.4) is 0 Å². The zero-order valence-corrected chi connectivity index (χ0v) is 15.4. The number of hydrogen-bond donors (Lipinski definition) is 0. The number of para-hydroxylation sites is 1. The quantitative estimate of drug-likeness (QED) is 0.732. The maximum atomic E-state index is 14.1. The number of halogens is 1. The van der Waals surface area contributed by atoms with Gasteiger partial charge in [-0.1, -0.05) is 16.6 Å². The van der Waals surface area contributed by atoms with Crippen LogP contribution in [0.1, 0.15) is 31.0 Å². The first kappa shape index (κ1) is 15.9. The number of hydrazine groups is 1. The van der Waals surface area contributed by atoms with Crippen LogP contribution in [0.15, 0.2) is 47.5 Å². The number of hydrogen-bond acceptors (Lipinski definition) is 8. The van der Waals surface area contributed by atoms with Crippen molar-refractivity contribution in [2.24, 2.45) is 4.99 Å². The summed E-state index contributed by atoms with van der Waals surface area (Å²) in [5, 5.41) is 13.1. The standard InChI is InChI=1S/C18H19FN8O/c1-18(7-4-8-28-18)15-9-25(22-21-15)26-11-20-17-13-5-2-3-6-14(13)24-12-23(19)10-16(24)27(17)26/h2-3,5-6,9-10H,4,7-8,11-12H2,1H3. The second kappa shape index (κ2) is 5.44. The van der Waals surface area contributed by atoms with Crippen LogP contribution in [0.5, 0.6) is 0 Å². The summed E-state index contributed by atoms with van der Waals surface area (Å²) in [5.41, 5.74) is 2.28. The van der Waals surface area contributed by atoms with Gasteiger partial charge in [0.2, 0.25) is 0 Å². The Bertz CT molecular complexity index is 1010. The van der Waals surface area contributed by atoms with Gasteiger partial charge in [0, 0.05) is 12.2 Å². The fraction of sp³-hybridized carbons (Fsp3) is 0.389. The highest BCUT2D eigenvalue weighted by atomic mass is 19.2. The van der Waals surface area contributed by atoms with Gasteiger partial charge >= 0.3 is 0 Å². The summed E-state index contributed by atoms with van der Waals surface area (Å²) < 4.78 is 20.0. The molecule has 0 amide bonds. The van der Waals surface area contributed by atoms with Crippen LogP contribution in [0.2, 0.25) is 0 Å². The van der Waals surface area contributed by atoms with E-state index in [1.165, 1.54) is 6.20 Å². The van der Waals surface area contributed by atoms with Crippen LogP contribution in [-0.4, -0.2) is 51.0 Å². The number of anilines is 1. The predicted molar refractivity (Wildman–Crippen MR) is 98.8 cm³/mol. The molecule has 9 nitrogen and oxygen atoms in total. The maximum absolute atomic E-state index is 14.1. The van der Waals surface area contributed by atoms with Crippen molar-refractivity contribution in [3.63, 3.8) is 0 Å². The summed E-state index contributed by atoms with van der Waals surface area (Å²) >= 11 is 0. The van der Waals surface area contributed by atoms with E-state index in [4.69, 9.17) is 9.73 Å². The molecule has 1 saturated heterocycles. The molecule has 28 heavy (non-hydrogen) atoms. The molecule has 1 atom stereocenters. The first-order chi connectivity index (χ1) is 13.6. The Morgan fingerprint density at radius 2 is 2.14 bits per heavy atom. The van der Waals surface area contributed by atoms with Crippen molar-refractivity contribution < 1.29 is 9.22 Å². The van der Waals surface area contributed by atoms with Crippen molar-refractivity contribution in [1.29, 1.82) is 0 Å². The molecule has 1 unspecified atom stereocenters. The number of ether oxygens (including phenoxy) is 1. The Labute approximate surface area is 160 Å². The molecule has 1 aromatic heterocycles. The number of nitrogens with zero attached hydrogens (tertiary/aromatic N) is 8. The molecule has 0 saturated carbocycles. The monoisotopic (exact) mass is 382 g/mol. The van der Waals surface area contributed by atoms with Crippen LogP contribution < -0.4 is 10.0 Å². The van der Waals surface area contributed by atoms with Gasteiger partial charge in [-0.3, -0.25) is 0 Å². The third-order valence-corrected chi connectivity index (χ3v) is 5.72. The molecule has 2 aromatic rings. The van der Waals surface area contributed by atoms with E-state index in [0.29, 0.717) is 17.6 Å². The van der Waals surface area contributed by atoms with E-state index in [0.717, 1.165) is 42.2 Å². The van der Waals surface area contributed by atoms with E-state index < -0.39 is 5.60 Å². The first-order valence-corrected chi connectivity index (χ1v) is 9.34. The molecule has 4 aliphatic heterocycles. The molecule has 0 aliphatic carbocycles. The second-order valence-corrected chi connectivity index (χ2v) is 7.49. The van der Waals surface area contributed by atoms with Crippen LogP contribution in [0, 0.1) is 0 Å². The molecule has 10 heteroatoms. The Morgan fingerprint density at radius 3 is 3.00 bits per heavy atom. The molecule has 1 fully saturated rings. The summed E-state index contributed by atoms with van der Waals surface area (Å²) in [5.74, 6) is 1.46. The summed E-state index contributed by atoms with van der Waals surface area (Å²) in [6, 6.07) is 7.90. The normalized spacial score (nSPS) is 25.6. The minimum Gasteiger partial charge on any atom is -0.369 e. The number of fused-ring (bicyclic) bond motifs is 6. The summed E-state index contributed by atoms with van der Waals surface area (Å²) in [6.45, 7) is 3.27. The average Bonchev–Trinajstić information content (AvgIpc) is 3.46. The highest BCUT2D eigenvalue weighted by Crippen LogP contribution is 2.39. The average molecular weight is 382 g/mol. The molecule has 144 valence electrons. The van der Waals surface area contributed by atoms with Crippen molar-refractivity contribution in [3.8, 4) is 0 Å². The fourth-order valence-corrected chi connectivity index (χ4v) is 4.25. The molecule has 0 spiro atoms. The SMILES string of the molecule is CC1(c2cn(N3CN=C4c5ccccc5N5CN(F)C=C5N43)nn2)CCCO1. The van der Waals surface area contributed by atoms with Crippen LogP contribution in [0.25, 0.3) is 0 Å².